The van der Waals surface area contributed by atoms with E-state index in [1.165, 1.54) is 12.1 Å². The van der Waals surface area contributed by atoms with Crippen LogP contribution in [0.3, 0.4) is 0 Å². The second kappa shape index (κ2) is 7.77. The smallest absolute Gasteiger partial charge is 0.232 e. The molecule has 5 nitrogen and oxygen atoms in total. The Morgan fingerprint density at radius 2 is 1.92 bits per heavy atom. The van der Waals surface area contributed by atoms with Crippen molar-refractivity contribution in [3.8, 4) is 11.3 Å². The van der Waals surface area contributed by atoms with Gasteiger partial charge in [-0.15, -0.1) is 0 Å². The molecule has 1 aromatic carbocycles. The Bertz CT molecular complexity index is 649. The molecule has 0 saturated carbocycles. The minimum absolute atomic E-state index is 0.255. The lowest BCUT2D eigenvalue weighted by Crippen LogP contribution is -2.36. The molecule has 1 fully saturated rings. The summed E-state index contributed by atoms with van der Waals surface area (Å²) in [5, 5.41) is 7.73. The standard InChI is InChI=1S/C18H24FN3O2/c1-13(2)11-20-12-16-17(14-3-5-15(19)6-4-14)21-24-18(16)22-7-9-23-10-8-22/h3-6,13,20H,7-12H2,1-2H3. The largest absolute Gasteiger partial charge is 0.378 e. The minimum Gasteiger partial charge on any atom is -0.378 e. The van der Waals surface area contributed by atoms with Gasteiger partial charge in [-0.3, -0.25) is 0 Å². The molecule has 1 aromatic heterocycles. The second-order valence-electron chi connectivity index (χ2n) is 6.45. The highest BCUT2D eigenvalue weighted by molar-refractivity contribution is 5.68. The van der Waals surface area contributed by atoms with Crippen LogP contribution in [0.25, 0.3) is 11.3 Å². The van der Waals surface area contributed by atoms with E-state index in [1.807, 2.05) is 0 Å². The van der Waals surface area contributed by atoms with Crippen LogP contribution in [0.2, 0.25) is 0 Å². The van der Waals surface area contributed by atoms with Gasteiger partial charge in [0.2, 0.25) is 5.88 Å². The summed E-state index contributed by atoms with van der Waals surface area (Å²) in [6.45, 7) is 8.87. The molecule has 1 saturated heterocycles. The summed E-state index contributed by atoms with van der Waals surface area (Å²) < 4.78 is 24.3. The summed E-state index contributed by atoms with van der Waals surface area (Å²) in [6, 6.07) is 6.37. The van der Waals surface area contributed by atoms with Crippen LogP contribution in [0, 0.1) is 11.7 Å². The van der Waals surface area contributed by atoms with Crippen molar-refractivity contribution in [2.75, 3.05) is 37.7 Å². The molecule has 0 radical (unpaired) electrons. The quantitative estimate of drug-likeness (QED) is 0.880. The third kappa shape index (κ3) is 3.94. The Morgan fingerprint density at radius 3 is 2.58 bits per heavy atom. The summed E-state index contributed by atoms with van der Waals surface area (Å²) in [5.41, 5.74) is 2.65. The first-order valence-corrected chi connectivity index (χ1v) is 8.43. The number of rotatable bonds is 6. The number of ether oxygens (including phenoxy) is 1. The zero-order valence-electron chi connectivity index (χ0n) is 14.2. The van der Waals surface area contributed by atoms with E-state index in [0.717, 1.165) is 42.3 Å². The fraction of sp³-hybridized carbons (Fsp3) is 0.500. The van der Waals surface area contributed by atoms with Gasteiger partial charge in [-0.25, -0.2) is 4.39 Å². The zero-order chi connectivity index (χ0) is 16.9. The van der Waals surface area contributed by atoms with Gasteiger partial charge in [0.25, 0.3) is 0 Å². The third-order valence-electron chi connectivity index (χ3n) is 4.04. The summed E-state index contributed by atoms with van der Waals surface area (Å²) in [4.78, 5) is 2.16. The van der Waals surface area contributed by atoms with Crippen molar-refractivity contribution in [1.82, 2.24) is 10.5 Å². The molecule has 0 atom stereocenters. The van der Waals surface area contributed by atoms with Gasteiger partial charge in [0.15, 0.2) is 0 Å². The van der Waals surface area contributed by atoms with Gasteiger partial charge in [0.1, 0.15) is 11.5 Å². The molecule has 3 rings (SSSR count). The Kier molecular flexibility index (Phi) is 5.48. The molecule has 0 amide bonds. The molecule has 0 unspecified atom stereocenters. The second-order valence-corrected chi connectivity index (χ2v) is 6.45. The van der Waals surface area contributed by atoms with Crippen LogP contribution in [0.15, 0.2) is 28.8 Å². The number of morpholine rings is 1. The van der Waals surface area contributed by atoms with E-state index in [1.54, 1.807) is 12.1 Å². The normalized spacial score (nSPS) is 15.2. The van der Waals surface area contributed by atoms with E-state index in [2.05, 4.69) is 29.2 Å². The SMILES string of the molecule is CC(C)CNCc1c(-c2ccc(F)cc2)noc1N1CCOCC1. The average Bonchev–Trinajstić information content (AvgIpc) is 3.00. The van der Waals surface area contributed by atoms with Gasteiger partial charge < -0.3 is 19.5 Å². The van der Waals surface area contributed by atoms with Crippen molar-refractivity contribution < 1.29 is 13.7 Å². The van der Waals surface area contributed by atoms with Gasteiger partial charge in [-0.05, 0) is 36.7 Å². The van der Waals surface area contributed by atoms with E-state index < -0.39 is 0 Å². The fourth-order valence-electron chi connectivity index (χ4n) is 2.80. The third-order valence-corrected chi connectivity index (χ3v) is 4.04. The zero-order valence-corrected chi connectivity index (χ0v) is 14.2. The lowest BCUT2D eigenvalue weighted by molar-refractivity contribution is 0.120. The number of benzene rings is 1. The fourth-order valence-corrected chi connectivity index (χ4v) is 2.80. The average molecular weight is 333 g/mol. The molecule has 0 spiro atoms. The van der Waals surface area contributed by atoms with Crippen LogP contribution >= 0.6 is 0 Å². The highest BCUT2D eigenvalue weighted by Gasteiger charge is 2.23. The highest BCUT2D eigenvalue weighted by Crippen LogP contribution is 2.31. The number of halogens is 1. The predicted molar refractivity (Wildman–Crippen MR) is 91.5 cm³/mol. The Balaban J connectivity index is 1.89. The maximum Gasteiger partial charge on any atom is 0.232 e. The molecule has 0 aliphatic carbocycles. The lowest BCUT2D eigenvalue weighted by atomic mass is 10.1. The molecule has 1 aliphatic heterocycles. The van der Waals surface area contributed by atoms with Crippen molar-refractivity contribution in [2.45, 2.75) is 20.4 Å². The number of hydrogen-bond acceptors (Lipinski definition) is 5. The number of anilines is 1. The van der Waals surface area contributed by atoms with E-state index in [0.29, 0.717) is 25.7 Å². The highest BCUT2D eigenvalue weighted by atomic mass is 19.1. The summed E-state index contributed by atoms with van der Waals surface area (Å²) in [7, 11) is 0. The van der Waals surface area contributed by atoms with Gasteiger partial charge in [0.05, 0.1) is 18.8 Å². The van der Waals surface area contributed by atoms with Crippen molar-refractivity contribution >= 4 is 5.88 Å². The molecule has 6 heteroatoms. The van der Waals surface area contributed by atoms with E-state index in [-0.39, 0.29) is 5.82 Å². The molecule has 1 N–H and O–H groups in total. The Hall–Kier alpha value is -1.92. The maximum absolute atomic E-state index is 13.2. The molecule has 0 bridgehead atoms. The summed E-state index contributed by atoms with van der Waals surface area (Å²) in [6.07, 6.45) is 0. The number of nitrogens with one attached hydrogen (secondary N) is 1. The van der Waals surface area contributed by atoms with Crippen molar-refractivity contribution in [1.29, 1.82) is 0 Å². The Labute approximate surface area is 141 Å². The van der Waals surface area contributed by atoms with Crippen LogP contribution in [0.1, 0.15) is 19.4 Å². The molecule has 24 heavy (non-hydrogen) atoms. The summed E-state index contributed by atoms with van der Waals surface area (Å²) >= 11 is 0. The predicted octanol–water partition coefficient (Wildman–Crippen LogP) is 3.06. The lowest BCUT2D eigenvalue weighted by Gasteiger charge is -2.26. The van der Waals surface area contributed by atoms with E-state index in [4.69, 9.17) is 9.26 Å². The van der Waals surface area contributed by atoms with Gasteiger partial charge >= 0.3 is 0 Å². The molecule has 2 heterocycles. The van der Waals surface area contributed by atoms with E-state index >= 15 is 0 Å². The minimum atomic E-state index is -0.255. The Morgan fingerprint density at radius 1 is 1.21 bits per heavy atom. The molecule has 130 valence electrons. The van der Waals surface area contributed by atoms with Gasteiger partial charge in [0, 0.05) is 25.2 Å². The molecular weight excluding hydrogens is 309 g/mol. The molecule has 2 aromatic rings. The first kappa shape index (κ1) is 16.9. The van der Waals surface area contributed by atoms with Crippen LogP contribution in [0.4, 0.5) is 10.3 Å². The van der Waals surface area contributed by atoms with Crippen molar-refractivity contribution in [2.24, 2.45) is 5.92 Å². The first-order valence-electron chi connectivity index (χ1n) is 8.43. The first-order chi connectivity index (χ1) is 11.6. The van der Waals surface area contributed by atoms with E-state index in [9.17, 15) is 4.39 Å². The number of nitrogens with zero attached hydrogens (tertiary/aromatic N) is 2. The molecular formula is C18H24FN3O2. The van der Waals surface area contributed by atoms with Crippen LogP contribution in [0.5, 0.6) is 0 Å². The van der Waals surface area contributed by atoms with Gasteiger partial charge in [-0.2, -0.15) is 0 Å². The summed E-state index contributed by atoms with van der Waals surface area (Å²) in [5.74, 6) is 1.09. The number of aromatic nitrogens is 1. The van der Waals surface area contributed by atoms with Crippen LogP contribution < -0.4 is 10.2 Å². The van der Waals surface area contributed by atoms with Crippen molar-refractivity contribution in [3.05, 3.63) is 35.6 Å². The topological polar surface area (TPSA) is 50.5 Å². The van der Waals surface area contributed by atoms with Gasteiger partial charge in [-0.1, -0.05) is 19.0 Å². The van der Waals surface area contributed by atoms with Crippen LogP contribution in [-0.2, 0) is 11.3 Å². The van der Waals surface area contributed by atoms with Crippen molar-refractivity contribution in [3.63, 3.8) is 0 Å². The van der Waals surface area contributed by atoms with Crippen LogP contribution in [-0.4, -0.2) is 38.0 Å². The maximum atomic E-state index is 13.2. The monoisotopic (exact) mass is 333 g/mol. The molecule has 1 aliphatic rings. The number of hydrogen-bond donors (Lipinski definition) is 1.